The fourth-order valence-corrected chi connectivity index (χ4v) is 2.83. The van der Waals surface area contributed by atoms with Crippen LogP contribution in [0.25, 0.3) is 0 Å². The second-order valence-electron chi connectivity index (χ2n) is 5.33. The molecule has 1 atom stereocenters. The van der Waals surface area contributed by atoms with Gasteiger partial charge in [0.05, 0.1) is 32.8 Å². The van der Waals surface area contributed by atoms with E-state index in [0.29, 0.717) is 28.4 Å². The molecule has 126 valence electrons. The van der Waals surface area contributed by atoms with Gasteiger partial charge < -0.3 is 24.1 Å². The van der Waals surface area contributed by atoms with Gasteiger partial charge in [-0.05, 0) is 18.2 Å². The summed E-state index contributed by atoms with van der Waals surface area (Å²) in [5, 5.41) is 10.5. The quantitative estimate of drug-likeness (QED) is 0.929. The summed E-state index contributed by atoms with van der Waals surface area (Å²) in [6, 6.07) is 8.36. The number of aromatic hydroxyl groups is 1. The lowest BCUT2D eigenvalue weighted by molar-refractivity contribution is 0.0893. The number of ether oxygens (including phenoxy) is 4. The van der Waals surface area contributed by atoms with Gasteiger partial charge in [0.1, 0.15) is 18.1 Å². The van der Waals surface area contributed by atoms with Crippen molar-refractivity contribution in [1.29, 1.82) is 0 Å². The van der Waals surface area contributed by atoms with Crippen molar-refractivity contribution in [2.45, 2.75) is 5.92 Å². The zero-order valence-electron chi connectivity index (χ0n) is 13.7. The van der Waals surface area contributed by atoms with Gasteiger partial charge in [-0.25, -0.2) is 0 Å². The zero-order valence-corrected chi connectivity index (χ0v) is 13.7. The summed E-state index contributed by atoms with van der Waals surface area (Å²) in [4.78, 5) is 12.8. The van der Waals surface area contributed by atoms with Crippen LogP contribution in [-0.2, 0) is 0 Å². The lowest BCUT2D eigenvalue weighted by atomic mass is 9.88. The van der Waals surface area contributed by atoms with E-state index >= 15 is 0 Å². The predicted molar refractivity (Wildman–Crippen MR) is 86.8 cm³/mol. The molecule has 0 fully saturated rings. The standard InChI is InChI=1S/C18H18O6/c1-21-10-4-5-12-15(8-10)24-9-13(16(12)19)11-6-7-14(22-2)18(23-3)17(11)20/h4-8,13,20H,9H2,1-3H3/t13-/m1/s1. The molecule has 2 aromatic carbocycles. The molecule has 0 amide bonds. The topological polar surface area (TPSA) is 74.2 Å². The number of hydrogen-bond acceptors (Lipinski definition) is 6. The molecular formula is C18H18O6. The average molecular weight is 330 g/mol. The summed E-state index contributed by atoms with van der Waals surface area (Å²) >= 11 is 0. The summed E-state index contributed by atoms with van der Waals surface area (Å²) in [7, 11) is 4.47. The van der Waals surface area contributed by atoms with Gasteiger partial charge in [0.15, 0.2) is 17.3 Å². The summed E-state index contributed by atoms with van der Waals surface area (Å²) in [5.41, 5.74) is 0.903. The minimum absolute atomic E-state index is 0.115. The predicted octanol–water partition coefficient (Wildman–Crippen LogP) is 2.78. The summed E-state index contributed by atoms with van der Waals surface area (Å²) in [6.07, 6.45) is 0. The lowest BCUT2D eigenvalue weighted by Crippen LogP contribution is -2.26. The van der Waals surface area contributed by atoms with Crippen molar-refractivity contribution in [2.75, 3.05) is 27.9 Å². The molecule has 0 spiro atoms. The maximum absolute atomic E-state index is 12.8. The summed E-state index contributed by atoms with van der Waals surface area (Å²) < 4.78 is 21.2. The van der Waals surface area contributed by atoms with Crippen LogP contribution in [-0.4, -0.2) is 38.8 Å². The van der Waals surface area contributed by atoms with E-state index in [1.165, 1.54) is 14.2 Å². The first-order valence-corrected chi connectivity index (χ1v) is 7.39. The normalized spacial score (nSPS) is 16.1. The van der Waals surface area contributed by atoms with Gasteiger partial charge in [0.2, 0.25) is 5.75 Å². The Bertz CT molecular complexity index is 783. The highest BCUT2D eigenvalue weighted by atomic mass is 16.5. The number of fused-ring (bicyclic) bond motifs is 1. The number of benzene rings is 2. The Morgan fingerprint density at radius 1 is 1.08 bits per heavy atom. The van der Waals surface area contributed by atoms with Crippen LogP contribution < -0.4 is 18.9 Å². The molecule has 0 saturated carbocycles. The highest BCUT2D eigenvalue weighted by molar-refractivity contribution is 6.04. The molecule has 0 unspecified atom stereocenters. The van der Waals surface area contributed by atoms with Crippen molar-refractivity contribution in [3.05, 3.63) is 41.5 Å². The Morgan fingerprint density at radius 3 is 2.54 bits per heavy atom. The van der Waals surface area contributed by atoms with Crippen molar-refractivity contribution in [3.8, 4) is 28.7 Å². The van der Waals surface area contributed by atoms with Crippen LogP contribution in [0.1, 0.15) is 21.8 Å². The molecule has 0 bridgehead atoms. The fourth-order valence-electron chi connectivity index (χ4n) is 2.83. The number of methoxy groups -OCH3 is 3. The first-order chi connectivity index (χ1) is 11.6. The van der Waals surface area contributed by atoms with Gasteiger partial charge in [-0.3, -0.25) is 4.79 Å². The molecule has 0 aliphatic carbocycles. The molecule has 0 aromatic heterocycles. The fraction of sp³-hybridized carbons (Fsp3) is 0.278. The Hall–Kier alpha value is -2.89. The van der Waals surface area contributed by atoms with Crippen molar-refractivity contribution in [3.63, 3.8) is 0 Å². The molecule has 1 heterocycles. The molecule has 2 aromatic rings. The highest BCUT2D eigenvalue weighted by Crippen LogP contribution is 2.44. The Kier molecular flexibility index (Phi) is 4.20. The van der Waals surface area contributed by atoms with E-state index in [1.54, 1.807) is 37.4 Å². The molecule has 24 heavy (non-hydrogen) atoms. The smallest absolute Gasteiger partial charge is 0.203 e. The Morgan fingerprint density at radius 2 is 1.88 bits per heavy atom. The third-order valence-corrected chi connectivity index (χ3v) is 4.10. The number of Topliss-reactive ketones (excluding diaryl/α,β-unsaturated/α-hetero) is 1. The molecule has 6 nitrogen and oxygen atoms in total. The SMILES string of the molecule is COc1ccc2c(c1)OC[C@H](c1ccc(OC)c(OC)c1O)C2=O. The van der Waals surface area contributed by atoms with E-state index in [4.69, 9.17) is 18.9 Å². The van der Waals surface area contributed by atoms with E-state index < -0.39 is 5.92 Å². The Labute approximate surface area is 139 Å². The van der Waals surface area contributed by atoms with Gasteiger partial charge in [0.25, 0.3) is 0 Å². The number of carbonyl (C=O) groups is 1. The van der Waals surface area contributed by atoms with Crippen LogP contribution in [0.4, 0.5) is 0 Å². The third kappa shape index (κ3) is 2.50. The van der Waals surface area contributed by atoms with Crippen LogP contribution in [0.2, 0.25) is 0 Å². The zero-order chi connectivity index (χ0) is 17.3. The van der Waals surface area contributed by atoms with Gasteiger partial charge in [0, 0.05) is 11.6 Å². The third-order valence-electron chi connectivity index (χ3n) is 4.10. The first kappa shape index (κ1) is 16.0. The van der Waals surface area contributed by atoms with Gasteiger partial charge in [-0.1, -0.05) is 6.07 Å². The molecule has 1 aliphatic rings. The van der Waals surface area contributed by atoms with E-state index in [-0.39, 0.29) is 23.9 Å². The molecular weight excluding hydrogens is 312 g/mol. The Balaban J connectivity index is 2.01. The highest BCUT2D eigenvalue weighted by Gasteiger charge is 2.33. The number of ketones is 1. The maximum Gasteiger partial charge on any atom is 0.203 e. The number of phenolic OH excluding ortho intramolecular Hbond substituents is 1. The van der Waals surface area contributed by atoms with E-state index in [1.807, 2.05) is 0 Å². The molecule has 0 saturated heterocycles. The van der Waals surface area contributed by atoms with E-state index in [9.17, 15) is 9.90 Å². The van der Waals surface area contributed by atoms with Crippen molar-refractivity contribution >= 4 is 5.78 Å². The number of phenols is 1. The second-order valence-corrected chi connectivity index (χ2v) is 5.33. The largest absolute Gasteiger partial charge is 0.504 e. The minimum atomic E-state index is -0.620. The molecule has 3 rings (SSSR count). The second kappa shape index (κ2) is 6.31. The van der Waals surface area contributed by atoms with Crippen LogP contribution in [0.15, 0.2) is 30.3 Å². The van der Waals surface area contributed by atoms with Gasteiger partial charge in [-0.2, -0.15) is 0 Å². The van der Waals surface area contributed by atoms with Crippen LogP contribution in [0, 0.1) is 0 Å². The van der Waals surface area contributed by atoms with Crippen LogP contribution in [0.3, 0.4) is 0 Å². The lowest BCUT2D eigenvalue weighted by Gasteiger charge is -2.26. The average Bonchev–Trinajstić information content (AvgIpc) is 2.61. The van der Waals surface area contributed by atoms with E-state index in [2.05, 4.69) is 0 Å². The van der Waals surface area contributed by atoms with Crippen LogP contribution in [0.5, 0.6) is 28.7 Å². The van der Waals surface area contributed by atoms with Gasteiger partial charge in [-0.15, -0.1) is 0 Å². The summed E-state index contributed by atoms with van der Waals surface area (Å²) in [5.74, 6) is 0.837. The number of hydrogen-bond donors (Lipinski definition) is 1. The molecule has 6 heteroatoms. The van der Waals surface area contributed by atoms with Crippen molar-refractivity contribution < 1.29 is 28.8 Å². The maximum atomic E-state index is 12.8. The van der Waals surface area contributed by atoms with Crippen LogP contribution >= 0.6 is 0 Å². The minimum Gasteiger partial charge on any atom is -0.504 e. The summed E-state index contributed by atoms with van der Waals surface area (Å²) in [6.45, 7) is 0.127. The van der Waals surface area contributed by atoms with Crippen molar-refractivity contribution in [2.24, 2.45) is 0 Å². The van der Waals surface area contributed by atoms with Crippen molar-refractivity contribution in [1.82, 2.24) is 0 Å². The number of carbonyl (C=O) groups excluding carboxylic acids is 1. The monoisotopic (exact) mass is 330 g/mol. The number of rotatable bonds is 4. The molecule has 1 N–H and O–H groups in total. The first-order valence-electron chi connectivity index (χ1n) is 7.39. The van der Waals surface area contributed by atoms with Gasteiger partial charge >= 0.3 is 0 Å². The van der Waals surface area contributed by atoms with E-state index in [0.717, 1.165) is 0 Å². The molecule has 0 radical (unpaired) electrons. The molecule has 1 aliphatic heterocycles.